The maximum Gasteiger partial charge on any atom is 0.0702 e. The largest absolute Gasteiger partial charge is 0.329 e. The van der Waals surface area contributed by atoms with E-state index in [1.54, 1.807) is 0 Å². The molecule has 108 valence electrons. The molecule has 0 saturated carbocycles. The van der Waals surface area contributed by atoms with Crippen LogP contribution in [0, 0.1) is 0 Å². The summed E-state index contributed by atoms with van der Waals surface area (Å²) in [6.07, 6.45) is 5.84. The standard InChI is InChI=1S/C16H21N3.ClH/c17-10-15-6-3-4-8-19(15)12-13-9-14-5-1-2-7-16(14)18-11-13;/h1-2,5,7,9,11,15H,3-4,6,8,10,12,17H2;1H. The predicted octanol–water partition coefficient (Wildman–Crippen LogP) is 2.97. The van der Waals surface area contributed by atoms with Crippen LogP contribution in [0.1, 0.15) is 24.8 Å². The van der Waals surface area contributed by atoms with Crippen LogP contribution in [-0.4, -0.2) is 29.0 Å². The Morgan fingerprint density at radius 1 is 1.25 bits per heavy atom. The number of para-hydroxylation sites is 1. The number of piperidine rings is 1. The van der Waals surface area contributed by atoms with Crippen LogP contribution in [0.3, 0.4) is 0 Å². The Morgan fingerprint density at radius 3 is 2.95 bits per heavy atom. The lowest BCUT2D eigenvalue weighted by Crippen LogP contribution is -2.43. The van der Waals surface area contributed by atoms with Crippen LogP contribution in [0.5, 0.6) is 0 Å². The van der Waals surface area contributed by atoms with Gasteiger partial charge < -0.3 is 5.73 Å². The lowest BCUT2D eigenvalue weighted by molar-refractivity contribution is 0.145. The number of benzene rings is 1. The minimum absolute atomic E-state index is 0. The second-order valence-corrected chi connectivity index (χ2v) is 5.39. The minimum atomic E-state index is 0. The Kier molecular flexibility index (Phi) is 5.35. The first-order valence-electron chi connectivity index (χ1n) is 7.14. The predicted molar refractivity (Wildman–Crippen MR) is 86.1 cm³/mol. The molecule has 1 saturated heterocycles. The van der Waals surface area contributed by atoms with Crippen molar-refractivity contribution in [2.75, 3.05) is 13.1 Å². The third-order valence-corrected chi connectivity index (χ3v) is 4.05. The molecule has 1 aliphatic rings. The van der Waals surface area contributed by atoms with Gasteiger partial charge in [0, 0.05) is 30.7 Å². The SMILES string of the molecule is Cl.NCC1CCCCN1Cc1cnc2ccccc2c1. The molecule has 1 aromatic heterocycles. The molecular weight excluding hydrogens is 270 g/mol. The molecular formula is C16H22ClN3. The van der Waals surface area contributed by atoms with Crippen molar-refractivity contribution < 1.29 is 0 Å². The first-order chi connectivity index (χ1) is 9.36. The molecule has 2 N–H and O–H groups in total. The molecule has 0 bridgehead atoms. The van der Waals surface area contributed by atoms with Crippen molar-refractivity contribution in [2.45, 2.75) is 31.8 Å². The molecule has 0 spiro atoms. The highest BCUT2D eigenvalue weighted by Gasteiger charge is 2.20. The quantitative estimate of drug-likeness (QED) is 0.945. The maximum absolute atomic E-state index is 5.88. The summed E-state index contributed by atoms with van der Waals surface area (Å²) in [5.74, 6) is 0. The molecule has 1 aliphatic heterocycles. The van der Waals surface area contributed by atoms with Crippen LogP contribution in [0.2, 0.25) is 0 Å². The Morgan fingerprint density at radius 2 is 2.10 bits per heavy atom. The minimum Gasteiger partial charge on any atom is -0.329 e. The summed E-state index contributed by atoms with van der Waals surface area (Å²) in [6, 6.07) is 11.1. The van der Waals surface area contributed by atoms with Crippen molar-refractivity contribution in [3.8, 4) is 0 Å². The van der Waals surface area contributed by atoms with Gasteiger partial charge in [-0.25, -0.2) is 0 Å². The van der Waals surface area contributed by atoms with Gasteiger partial charge in [-0.1, -0.05) is 24.6 Å². The Hall–Kier alpha value is -1.16. The molecule has 3 rings (SSSR count). The van der Waals surface area contributed by atoms with Crippen molar-refractivity contribution in [3.05, 3.63) is 42.1 Å². The van der Waals surface area contributed by atoms with Gasteiger partial charge in [0.05, 0.1) is 5.52 Å². The molecule has 0 radical (unpaired) electrons. The summed E-state index contributed by atoms with van der Waals surface area (Å²) in [5, 5.41) is 1.22. The molecule has 3 nitrogen and oxygen atoms in total. The molecule has 2 aromatic rings. The molecule has 4 heteroatoms. The number of likely N-dealkylation sites (tertiary alicyclic amines) is 1. The summed E-state index contributed by atoms with van der Waals surface area (Å²) in [6.45, 7) is 2.90. The smallest absolute Gasteiger partial charge is 0.0702 e. The van der Waals surface area contributed by atoms with E-state index in [4.69, 9.17) is 5.73 Å². The fraction of sp³-hybridized carbons (Fsp3) is 0.438. The molecule has 1 fully saturated rings. The molecule has 0 aliphatic carbocycles. The Bertz CT molecular complexity index is 558. The number of fused-ring (bicyclic) bond motifs is 1. The van der Waals surface area contributed by atoms with Gasteiger partial charge in [0.2, 0.25) is 0 Å². The topological polar surface area (TPSA) is 42.1 Å². The van der Waals surface area contributed by atoms with Crippen molar-refractivity contribution in [1.29, 1.82) is 0 Å². The zero-order valence-corrected chi connectivity index (χ0v) is 12.5. The van der Waals surface area contributed by atoms with Gasteiger partial charge in [-0.2, -0.15) is 0 Å². The van der Waals surface area contributed by atoms with E-state index in [0.29, 0.717) is 6.04 Å². The monoisotopic (exact) mass is 291 g/mol. The van der Waals surface area contributed by atoms with Gasteiger partial charge in [-0.05, 0) is 37.1 Å². The van der Waals surface area contributed by atoms with E-state index in [-0.39, 0.29) is 12.4 Å². The molecule has 1 atom stereocenters. The number of hydrogen-bond acceptors (Lipinski definition) is 3. The van der Waals surface area contributed by atoms with Crippen LogP contribution < -0.4 is 5.73 Å². The molecule has 20 heavy (non-hydrogen) atoms. The third-order valence-electron chi connectivity index (χ3n) is 4.05. The second kappa shape index (κ2) is 7.02. The van der Waals surface area contributed by atoms with Crippen LogP contribution in [-0.2, 0) is 6.54 Å². The molecule has 2 heterocycles. The first kappa shape index (κ1) is 15.2. The summed E-state index contributed by atoms with van der Waals surface area (Å²) < 4.78 is 0. The fourth-order valence-electron chi connectivity index (χ4n) is 2.97. The van der Waals surface area contributed by atoms with Crippen LogP contribution >= 0.6 is 12.4 Å². The number of aromatic nitrogens is 1. The average molecular weight is 292 g/mol. The summed E-state index contributed by atoms with van der Waals surface area (Å²) >= 11 is 0. The normalized spacial score (nSPS) is 19.8. The lowest BCUT2D eigenvalue weighted by Gasteiger charge is -2.34. The highest BCUT2D eigenvalue weighted by Crippen LogP contribution is 2.20. The molecule has 0 amide bonds. The van der Waals surface area contributed by atoms with Gasteiger partial charge in [0.25, 0.3) is 0 Å². The van der Waals surface area contributed by atoms with E-state index < -0.39 is 0 Å². The van der Waals surface area contributed by atoms with Gasteiger partial charge in [-0.15, -0.1) is 12.4 Å². The highest BCUT2D eigenvalue weighted by atomic mass is 35.5. The first-order valence-corrected chi connectivity index (χ1v) is 7.14. The van der Waals surface area contributed by atoms with Gasteiger partial charge in [-0.3, -0.25) is 9.88 Å². The van der Waals surface area contributed by atoms with E-state index in [9.17, 15) is 0 Å². The van der Waals surface area contributed by atoms with Crippen molar-refractivity contribution in [1.82, 2.24) is 9.88 Å². The van der Waals surface area contributed by atoms with Gasteiger partial charge in [0.15, 0.2) is 0 Å². The van der Waals surface area contributed by atoms with Crippen LogP contribution in [0.4, 0.5) is 0 Å². The van der Waals surface area contributed by atoms with Crippen molar-refractivity contribution in [2.24, 2.45) is 5.73 Å². The summed E-state index contributed by atoms with van der Waals surface area (Å²) in [5.41, 5.74) is 8.24. The van der Waals surface area contributed by atoms with E-state index in [0.717, 1.165) is 25.2 Å². The number of pyridine rings is 1. The van der Waals surface area contributed by atoms with Gasteiger partial charge in [0.1, 0.15) is 0 Å². The summed E-state index contributed by atoms with van der Waals surface area (Å²) in [4.78, 5) is 7.05. The summed E-state index contributed by atoms with van der Waals surface area (Å²) in [7, 11) is 0. The Balaban J connectivity index is 0.00000147. The molecule has 1 unspecified atom stereocenters. The maximum atomic E-state index is 5.88. The third kappa shape index (κ3) is 3.29. The van der Waals surface area contributed by atoms with Crippen LogP contribution in [0.15, 0.2) is 36.5 Å². The van der Waals surface area contributed by atoms with Crippen LogP contribution in [0.25, 0.3) is 10.9 Å². The number of nitrogens with zero attached hydrogens (tertiary/aromatic N) is 2. The highest BCUT2D eigenvalue weighted by molar-refractivity contribution is 5.85. The number of hydrogen-bond donors (Lipinski definition) is 1. The fourth-order valence-corrected chi connectivity index (χ4v) is 2.97. The van der Waals surface area contributed by atoms with Crippen molar-refractivity contribution >= 4 is 23.3 Å². The number of halogens is 1. The molecule has 1 aromatic carbocycles. The average Bonchev–Trinajstić information content (AvgIpc) is 2.48. The number of rotatable bonds is 3. The number of nitrogens with two attached hydrogens (primary N) is 1. The van der Waals surface area contributed by atoms with E-state index >= 15 is 0 Å². The second-order valence-electron chi connectivity index (χ2n) is 5.39. The lowest BCUT2D eigenvalue weighted by atomic mass is 10.0. The van der Waals surface area contributed by atoms with Crippen molar-refractivity contribution in [3.63, 3.8) is 0 Å². The van der Waals surface area contributed by atoms with E-state index in [1.807, 2.05) is 12.3 Å². The zero-order chi connectivity index (χ0) is 13.1. The zero-order valence-electron chi connectivity index (χ0n) is 11.7. The van der Waals surface area contributed by atoms with E-state index in [2.05, 4.69) is 34.1 Å². The van der Waals surface area contributed by atoms with E-state index in [1.165, 1.54) is 30.2 Å². The van der Waals surface area contributed by atoms with Gasteiger partial charge >= 0.3 is 0 Å². The Labute approximate surface area is 126 Å².